The number of nitrogens with one attached hydrogen (secondary N) is 1. The Morgan fingerprint density at radius 2 is 2.07 bits per heavy atom. The molecule has 1 aliphatic rings. The first-order valence-corrected chi connectivity index (χ1v) is 6.23. The maximum atomic E-state index is 5.44. The first-order chi connectivity index (χ1) is 7.33. The molecule has 0 aromatic heterocycles. The van der Waals surface area contributed by atoms with Crippen molar-refractivity contribution in [2.75, 3.05) is 33.4 Å². The zero-order valence-corrected chi connectivity index (χ0v) is 10.1. The molecule has 0 spiro atoms. The lowest BCUT2D eigenvalue weighted by Crippen LogP contribution is -2.26. The van der Waals surface area contributed by atoms with Crippen molar-refractivity contribution in [1.29, 1.82) is 0 Å². The molecule has 0 aromatic rings. The van der Waals surface area contributed by atoms with Crippen LogP contribution >= 0.6 is 0 Å². The van der Waals surface area contributed by atoms with E-state index in [1.807, 2.05) is 0 Å². The topological polar surface area (TPSA) is 47.3 Å². The van der Waals surface area contributed by atoms with Crippen LogP contribution in [0.5, 0.6) is 0 Å². The molecule has 15 heavy (non-hydrogen) atoms. The number of unbranched alkanes of at least 4 members (excludes halogenated alkanes) is 2. The van der Waals surface area contributed by atoms with Gasteiger partial charge in [0.15, 0.2) is 0 Å². The third-order valence-corrected chi connectivity index (χ3v) is 3.35. The average molecular weight is 214 g/mol. The second-order valence-electron chi connectivity index (χ2n) is 4.77. The van der Waals surface area contributed by atoms with Crippen molar-refractivity contribution in [3.8, 4) is 0 Å². The fourth-order valence-electron chi connectivity index (χ4n) is 1.94. The van der Waals surface area contributed by atoms with Crippen molar-refractivity contribution in [1.82, 2.24) is 5.32 Å². The smallest absolute Gasteiger partial charge is 0.0468 e. The molecule has 3 nitrogen and oxygen atoms in total. The molecule has 0 aliphatic heterocycles. The molecule has 0 unspecified atom stereocenters. The molecule has 0 radical (unpaired) electrons. The Bertz CT molecular complexity index is 158. The van der Waals surface area contributed by atoms with E-state index in [4.69, 9.17) is 10.5 Å². The van der Waals surface area contributed by atoms with Crippen LogP contribution < -0.4 is 11.1 Å². The van der Waals surface area contributed by atoms with Gasteiger partial charge < -0.3 is 15.8 Å². The van der Waals surface area contributed by atoms with Gasteiger partial charge in [0.2, 0.25) is 0 Å². The summed E-state index contributed by atoms with van der Waals surface area (Å²) in [6.45, 7) is 4.07. The van der Waals surface area contributed by atoms with Gasteiger partial charge in [-0.25, -0.2) is 0 Å². The summed E-state index contributed by atoms with van der Waals surface area (Å²) >= 11 is 0. The molecule has 3 N–H and O–H groups in total. The van der Waals surface area contributed by atoms with Gasteiger partial charge in [-0.15, -0.1) is 0 Å². The maximum Gasteiger partial charge on any atom is 0.0468 e. The van der Waals surface area contributed by atoms with Crippen molar-refractivity contribution in [2.24, 2.45) is 11.1 Å². The van der Waals surface area contributed by atoms with Crippen molar-refractivity contribution in [2.45, 2.75) is 38.5 Å². The highest BCUT2D eigenvalue weighted by atomic mass is 16.5. The zero-order chi connectivity index (χ0) is 11.0. The van der Waals surface area contributed by atoms with Crippen LogP contribution in [0.1, 0.15) is 38.5 Å². The van der Waals surface area contributed by atoms with E-state index in [2.05, 4.69) is 5.32 Å². The van der Waals surface area contributed by atoms with E-state index in [1.54, 1.807) is 7.11 Å². The summed E-state index contributed by atoms with van der Waals surface area (Å²) in [5, 5.41) is 3.56. The van der Waals surface area contributed by atoms with Gasteiger partial charge in [0.1, 0.15) is 0 Å². The van der Waals surface area contributed by atoms with E-state index in [-0.39, 0.29) is 0 Å². The lowest BCUT2D eigenvalue weighted by Gasteiger charge is -2.15. The van der Waals surface area contributed by atoms with Crippen LogP contribution in [-0.4, -0.2) is 33.4 Å². The number of rotatable bonds is 10. The Kier molecular flexibility index (Phi) is 6.22. The minimum Gasteiger partial charge on any atom is -0.385 e. The van der Waals surface area contributed by atoms with Crippen LogP contribution in [0.2, 0.25) is 0 Å². The van der Waals surface area contributed by atoms with Gasteiger partial charge >= 0.3 is 0 Å². The largest absolute Gasteiger partial charge is 0.385 e. The number of nitrogens with two attached hydrogens (primary N) is 1. The second kappa shape index (κ2) is 7.20. The molecule has 1 fully saturated rings. The summed E-state index contributed by atoms with van der Waals surface area (Å²) in [6, 6.07) is 0. The van der Waals surface area contributed by atoms with Crippen molar-refractivity contribution in [3.63, 3.8) is 0 Å². The lowest BCUT2D eigenvalue weighted by atomic mass is 10.0. The normalized spacial score (nSPS) is 18.0. The highest BCUT2D eigenvalue weighted by Crippen LogP contribution is 2.48. The third-order valence-electron chi connectivity index (χ3n) is 3.35. The number of hydrogen-bond acceptors (Lipinski definition) is 3. The first-order valence-electron chi connectivity index (χ1n) is 6.23. The highest BCUT2D eigenvalue weighted by molar-refractivity contribution is 4.94. The quantitative estimate of drug-likeness (QED) is 0.542. The SMILES string of the molecule is COCCC1(CNCCCCCN)CC1. The van der Waals surface area contributed by atoms with Crippen LogP contribution in [0.25, 0.3) is 0 Å². The van der Waals surface area contributed by atoms with Crippen molar-refractivity contribution in [3.05, 3.63) is 0 Å². The Morgan fingerprint density at radius 1 is 1.27 bits per heavy atom. The minimum absolute atomic E-state index is 0.587. The molecule has 0 atom stereocenters. The number of methoxy groups -OCH3 is 1. The summed E-state index contributed by atoms with van der Waals surface area (Å²) in [7, 11) is 1.79. The fourth-order valence-corrected chi connectivity index (χ4v) is 1.94. The van der Waals surface area contributed by atoms with E-state index < -0.39 is 0 Å². The third kappa shape index (κ3) is 5.50. The molecule has 90 valence electrons. The van der Waals surface area contributed by atoms with E-state index >= 15 is 0 Å². The monoisotopic (exact) mass is 214 g/mol. The molecule has 3 heteroatoms. The van der Waals surface area contributed by atoms with E-state index in [0.717, 1.165) is 26.1 Å². The van der Waals surface area contributed by atoms with Crippen LogP contribution in [0.15, 0.2) is 0 Å². The summed E-state index contributed by atoms with van der Waals surface area (Å²) in [5.41, 5.74) is 6.03. The number of hydrogen-bond donors (Lipinski definition) is 2. The average Bonchev–Trinajstić information content (AvgIpc) is 3.01. The van der Waals surface area contributed by atoms with Gasteiger partial charge in [-0.3, -0.25) is 0 Å². The highest BCUT2D eigenvalue weighted by Gasteiger charge is 2.41. The van der Waals surface area contributed by atoms with E-state index in [0.29, 0.717) is 5.41 Å². The van der Waals surface area contributed by atoms with Gasteiger partial charge in [0.05, 0.1) is 0 Å². The van der Waals surface area contributed by atoms with E-state index in [1.165, 1.54) is 38.6 Å². The van der Waals surface area contributed by atoms with Crippen molar-refractivity contribution >= 4 is 0 Å². The minimum atomic E-state index is 0.587. The zero-order valence-electron chi connectivity index (χ0n) is 10.1. The van der Waals surface area contributed by atoms with Crippen LogP contribution in [0.3, 0.4) is 0 Å². The molecule has 1 aliphatic carbocycles. The van der Waals surface area contributed by atoms with Gasteiger partial charge in [-0.2, -0.15) is 0 Å². The van der Waals surface area contributed by atoms with Gasteiger partial charge in [0.25, 0.3) is 0 Å². The summed E-state index contributed by atoms with van der Waals surface area (Å²) < 4.78 is 5.14. The molecule has 0 bridgehead atoms. The number of ether oxygens (including phenoxy) is 1. The Balaban J connectivity index is 1.90. The molecular formula is C12H26N2O. The predicted molar refractivity (Wildman–Crippen MR) is 63.9 cm³/mol. The first kappa shape index (κ1) is 12.9. The molecular weight excluding hydrogens is 188 g/mol. The molecule has 1 rings (SSSR count). The Hall–Kier alpha value is -0.120. The predicted octanol–water partition coefficient (Wildman–Crippen LogP) is 1.52. The van der Waals surface area contributed by atoms with Gasteiger partial charge in [-0.1, -0.05) is 6.42 Å². The lowest BCUT2D eigenvalue weighted by molar-refractivity contribution is 0.171. The summed E-state index contributed by atoms with van der Waals surface area (Å²) in [5.74, 6) is 0. The summed E-state index contributed by atoms with van der Waals surface area (Å²) in [4.78, 5) is 0. The van der Waals surface area contributed by atoms with Crippen molar-refractivity contribution < 1.29 is 4.74 Å². The Morgan fingerprint density at radius 3 is 2.67 bits per heavy atom. The van der Waals surface area contributed by atoms with Crippen LogP contribution in [0, 0.1) is 5.41 Å². The van der Waals surface area contributed by atoms with Crippen LogP contribution in [-0.2, 0) is 4.74 Å². The summed E-state index contributed by atoms with van der Waals surface area (Å²) in [6.07, 6.45) is 7.67. The second-order valence-corrected chi connectivity index (χ2v) is 4.77. The fraction of sp³-hybridized carbons (Fsp3) is 1.00. The molecule has 0 heterocycles. The Labute approximate surface area is 93.8 Å². The molecule has 1 saturated carbocycles. The maximum absolute atomic E-state index is 5.44. The molecule has 0 saturated heterocycles. The molecule has 0 amide bonds. The molecule has 0 aromatic carbocycles. The standard InChI is InChI=1S/C12H26N2O/c1-15-10-7-12(5-6-12)11-14-9-4-2-3-8-13/h14H,2-11,13H2,1H3. The van der Waals surface area contributed by atoms with E-state index in [9.17, 15) is 0 Å². The van der Waals surface area contributed by atoms with Gasteiger partial charge in [-0.05, 0) is 50.6 Å². The van der Waals surface area contributed by atoms with Gasteiger partial charge in [0, 0.05) is 20.3 Å². The van der Waals surface area contributed by atoms with Crippen LogP contribution in [0.4, 0.5) is 0 Å².